The first kappa shape index (κ1) is 15.3. The smallest absolute Gasteiger partial charge is 0.119 e. The third kappa shape index (κ3) is 3.43. The molecule has 1 saturated carbocycles. The van der Waals surface area contributed by atoms with Gasteiger partial charge in [0, 0.05) is 35.7 Å². The fourth-order valence-corrected chi connectivity index (χ4v) is 3.51. The maximum atomic E-state index is 5.37. The molecular weight excluding hydrogens is 328 g/mol. The average molecular weight is 353 g/mol. The first-order chi connectivity index (χ1) is 9.99. The highest BCUT2D eigenvalue weighted by molar-refractivity contribution is 9.10. The summed E-state index contributed by atoms with van der Waals surface area (Å²) in [7, 11) is 1.73. The Labute approximate surface area is 136 Å². The van der Waals surface area contributed by atoms with Crippen molar-refractivity contribution in [2.45, 2.75) is 44.8 Å². The van der Waals surface area contributed by atoms with Crippen molar-refractivity contribution >= 4 is 15.9 Å². The minimum atomic E-state index is 0.188. The van der Waals surface area contributed by atoms with E-state index < -0.39 is 0 Å². The van der Waals surface area contributed by atoms with Crippen LogP contribution in [-0.4, -0.2) is 36.7 Å². The van der Waals surface area contributed by atoms with Gasteiger partial charge in [-0.3, -0.25) is 4.90 Å². The van der Waals surface area contributed by atoms with Crippen molar-refractivity contribution in [1.82, 2.24) is 10.2 Å². The van der Waals surface area contributed by atoms with Gasteiger partial charge >= 0.3 is 0 Å². The quantitative estimate of drug-likeness (QED) is 0.898. The van der Waals surface area contributed by atoms with Crippen LogP contribution in [0.1, 0.15) is 32.3 Å². The summed E-state index contributed by atoms with van der Waals surface area (Å²) in [5.41, 5.74) is 1.49. The molecule has 0 amide bonds. The van der Waals surface area contributed by atoms with Crippen LogP contribution in [0.5, 0.6) is 5.75 Å². The van der Waals surface area contributed by atoms with Gasteiger partial charge in [0.05, 0.1) is 7.11 Å². The van der Waals surface area contributed by atoms with Crippen LogP contribution < -0.4 is 10.1 Å². The summed E-state index contributed by atoms with van der Waals surface area (Å²) in [5.74, 6) is 1.83. The number of nitrogens with one attached hydrogen (secondary N) is 1. The SMILES string of the molecule is COc1ccc(Br)c(CN2CC(C3CC3)NCC2(C)C)c1. The Morgan fingerprint density at radius 1 is 1.38 bits per heavy atom. The fraction of sp³-hybridized carbons (Fsp3) is 0.647. The predicted molar refractivity (Wildman–Crippen MR) is 89.7 cm³/mol. The van der Waals surface area contributed by atoms with Crippen molar-refractivity contribution in [1.29, 1.82) is 0 Å². The van der Waals surface area contributed by atoms with Gasteiger partial charge in [-0.1, -0.05) is 15.9 Å². The van der Waals surface area contributed by atoms with Crippen LogP contribution in [0.25, 0.3) is 0 Å². The van der Waals surface area contributed by atoms with E-state index in [9.17, 15) is 0 Å². The second kappa shape index (κ2) is 5.90. The van der Waals surface area contributed by atoms with Crippen LogP contribution in [0.3, 0.4) is 0 Å². The van der Waals surface area contributed by atoms with E-state index in [4.69, 9.17) is 4.74 Å². The lowest BCUT2D eigenvalue weighted by atomic mass is 9.95. The number of halogens is 1. The van der Waals surface area contributed by atoms with E-state index in [0.29, 0.717) is 6.04 Å². The van der Waals surface area contributed by atoms with E-state index in [1.807, 2.05) is 6.07 Å². The molecule has 1 N–H and O–H groups in total. The molecule has 1 aliphatic heterocycles. The molecular formula is C17H25BrN2O. The standard InChI is InChI=1S/C17H25BrN2O/c1-17(2)11-19-16(12-4-5-12)10-20(17)9-13-8-14(21-3)6-7-15(13)18/h6-8,12,16,19H,4-5,9-11H2,1-3H3. The molecule has 0 aromatic heterocycles. The zero-order valence-corrected chi connectivity index (χ0v) is 14.7. The summed E-state index contributed by atoms with van der Waals surface area (Å²) >= 11 is 3.68. The van der Waals surface area contributed by atoms with Gasteiger partial charge in [0.25, 0.3) is 0 Å². The third-order valence-electron chi connectivity index (χ3n) is 4.88. The highest BCUT2D eigenvalue weighted by Gasteiger charge is 2.40. The topological polar surface area (TPSA) is 24.5 Å². The molecule has 2 aliphatic rings. The number of hydrogen-bond donors (Lipinski definition) is 1. The molecule has 21 heavy (non-hydrogen) atoms. The summed E-state index contributed by atoms with van der Waals surface area (Å²) in [6.45, 7) is 7.83. The maximum absolute atomic E-state index is 5.37. The molecule has 1 aliphatic carbocycles. The second-order valence-electron chi connectivity index (χ2n) is 6.98. The van der Waals surface area contributed by atoms with Gasteiger partial charge in [0.15, 0.2) is 0 Å². The Kier molecular flexibility index (Phi) is 4.30. The monoisotopic (exact) mass is 352 g/mol. The summed E-state index contributed by atoms with van der Waals surface area (Å²) in [6.07, 6.45) is 2.80. The molecule has 1 saturated heterocycles. The Balaban J connectivity index is 1.77. The third-order valence-corrected chi connectivity index (χ3v) is 5.65. The summed E-state index contributed by atoms with van der Waals surface area (Å²) in [6, 6.07) is 6.90. The highest BCUT2D eigenvalue weighted by atomic mass is 79.9. The maximum Gasteiger partial charge on any atom is 0.119 e. The van der Waals surface area contributed by atoms with Gasteiger partial charge in [0.2, 0.25) is 0 Å². The normalized spacial score (nSPS) is 25.8. The molecule has 3 rings (SSSR count). The van der Waals surface area contributed by atoms with E-state index in [1.54, 1.807) is 7.11 Å². The van der Waals surface area contributed by atoms with Crippen LogP contribution in [0.4, 0.5) is 0 Å². The van der Waals surface area contributed by atoms with Crippen molar-refractivity contribution in [2.75, 3.05) is 20.2 Å². The Hall–Kier alpha value is -0.580. The fourth-order valence-electron chi connectivity index (χ4n) is 3.14. The largest absolute Gasteiger partial charge is 0.497 e. The van der Waals surface area contributed by atoms with Crippen LogP contribution in [-0.2, 0) is 6.54 Å². The van der Waals surface area contributed by atoms with E-state index in [0.717, 1.165) is 31.3 Å². The van der Waals surface area contributed by atoms with Crippen LogP contribution >= 0.6 is 15.9 Å². The molecule has 0 spiro atoms. The molecule has 116 valence electrons. The molecule has 1 heterocycles. The molecule has 1 unspecified atom stereocenters. The number of ether oxygens (including phenoxy) is 1. The zero-order valence-electron chi connectivity index (χ0n) is 13.2. The van der Waals surface area contributed by atoms with Crippen LogP contribution in [0.2, 0.25) is 0 Å². The molecule has 3 nitrogen and oxygen atoms in total. The van der Waals surface area contributed by atoms with Gasteiger partial charge in [-0.2, -0.15) is 0 Å². The highest BCUT2D eigenvalue weighted by Crippen LogP contribution is 2.36. The number of benzene rings is 1. The molecule has 2 fully saturated rings. The lowest BCUT2D eigenvalue weighted by Gasteiger charge is -2.46. The van der Waals surface area contributed by atoms with Gasteiger partial charge < -0.3 is 10.1 Å². The van der Waals surface area contributed by atoms with E-state index in [2.05, 4.69) is 52.1 Å². The van der Waals surface area contributed by atoms with Crippen LogP contribution in [0.15, 0.2) is 22.7 Å². The van der Waals surface area contributed by atoms with E-state index in [1.165, 1.54) is 22.9 Å². The Morgan fingerprint density at radius 2 is 2.14 bits per heavy atom. The lowest BCUT2D eigenvalue weighted by Crippen LogP contribution is -2.62. The first-order valence-corrected chi connectivity index (χ1v) is 8.60. The van der Waals surface area contributed by atoms with E-state index in [-0.39, 0.29) is 5.54 Å². The zero-order chi connectivity index (χ0) is 15.0. The summed E-state index contributed by atoms with van der Waals surface area (Å²) in [4.78, 5) is 2.62. The van der Waals surface area contributed by atoms with E-state index >= 15 is 0 Å². The van der Waals surface area contributed by atoms with Crippen LogP contribution in [0, 0.1) is 5.92 Å². The van der Waals surface area contributed by atoms with Crippen molar-refractivity contribution in [3.8, 4) is 5.75 Å². The average Bonchev–Trinajstić information content (AvgIpc) is 3.28. The molecule has 0 radical (unpaired) electrons. The molecule has 4 heteroatoms. The number of nitrogens with zero attached hydrogens (tertiary/aromatic N) is 1. The van der Waals surface area contributed by atoms with Crippen molar-refractivity contribution < 1.29 is 4.74 Å². The lowest BCUT2D eigenvalue weighted by molar-refractivity contribution is 0.0531. The Morgan fingerprint density at radius 3 is 2.81 bits per heavy atom. The second-order valence-corrected chi connectivity index (χ2v) is 7.83. The number of piperazine rings is 1. The Bertz CT molecular complexity index is 514. The van der Waals surface area contributed by atoms with Gasteiger partial charge in [-0.05, 0) is 56.4 Å². The molecule has 1 aromatic carbocycles. The predicted octanol–water partition coefficient (Wildman–Crippen LogP) is 3.42. The van der Waals surface area contributed by atoms with Crippen molar-refractivity contribution in [3.05, 3.63) is 28.2 Å². The van der Waals surface area contributed by atoms with Gasteiger partial charge in [0.1, 0.15) is 5.75 Å². The molecule has 1 atom stereocenters. The number of rotatable bonds is 4. The minimum Gasteiger partial charge on any atom is -0.497 e. The number of hydrogen-bond acceptors (Lipinski definition) is 3. The molecule has 1 aromatic rings. The van der Waals surface area contributed by atoms with Gasteiger partial charge in [-0.25, -0.2) is 0 Å². The first-order valence-electron chi connectivity index (χ1n) is 7.80. The van der Waals surface area contributed by atoms with Crippen molar-refractivity contribution in [2.24, 2.45) is 5.92 Å². The summed E-state index contributed by atoms with van der Waals surface area (Å²) in [5, 5.41) is 3.75. The van der Waals surface area contributed by atoms with Gasteiger partial charge in [-0.15, -0.1) is 0 Å². The minimum absolute atomic E-state index is 0.188. The van der Waals surface area contributed by atoms with Crippen molar-refractivity contribution in [3.63, 3.8) is 0 Å². The summed E-state index contributed by atoms with van der Waals surface area (Å²) < 4.78 is 6.54. The molecule has 0 bridgehead atoms. The number of methoxy groups -OCH3 is 1.